The van der Waals surface area contributed by atoms with Crippen LogP contribution in [0.2, 0.25) is 0 Å². The summed E-state index contributed by atoms with van der Waals surface area (Å²) in [4.78, 5) is 21.0. The van der Waals surface area contributed by atoms with Crippen molar-refractivity contribution in [2.75, 3.05) is 20.8 Å². The Hall–Kier alpha value is -3.09. The summed E-state index contributed by atoms with van der Waals surface area (Å²) in [5.41, 5.74) is 3.96. The quantitative estimate of drug-likeness (QED) is 0.654. The van der Waals surface area contributed by atoms with Gasteiger partial charge in [0.15, 0.2) is 11.5 Å². The molecule has 2 heterocycles. The lowest BCUT2D eigenvalue weighted by Gasteiger charge is -2.38. The molecule has 31 heavy (non-hydrogen) atoms. The van der Waals surface area contributed by atoms with E-state index in [1.165, 1.54) is 6.92 Å². The third-order valence-electron chi connectivity index (χ3n) is 5.90. The maximum absolute atomic E-state index is 11.5. The number of hydrogen-bond donors (Lipinski definition) is 0. The standard InChI is InChI=1S/C24H28N2O5/c1-5-30-22-11-17-18-10-16(31-14(2)27)7-8-20(18)26-24(19(17)12-21(22)28-3)15-6-9-23(29-4)25-13-15/h6,9,11-13,16,18,20H,5,7-8,10H2,1-4H3/t16-,18-,20-/m1/s1. The summed E-state index contributed by atoms with van der Waals surface area (Å²) < 4.78 is 22.2. The third kappa shape index (κ3) is 4.22. The van der Waals surface area contributed by atoms with Crippen molar-refractivity contribution in [3.8, 4) is 17.4 Å². The van der Waals surface area contributed by atoms with E-state index >= 15 is 0 Å². The zero-order valence-electron chi connectivity index (χ0n) is 18.4. The summed E-state index contributed by atoms with van der Waals surface area (Å²) in [6, 6.07) is 7.99. The van der Waals surface area contributed by atoms with Crippen LogP contribution in [-0.2, 0) is 9.53 Å². The van der Waals surface area contributed by atoms with Crippen LogP contribution in [0.4, 0.5) is 0 Å². The zero-order valence-corrected chi connectivity index (χ0v) is 18.4. The molecule has 0 spiro atoms. The molecule has 0 radical (unpaired) electrons. The van der Waals surface area contributed by atoms with Gasteiger partial charge in [-0.3, -0.25) is 9.79 Å². The number of rotatable bonds is 6. The number of carbonyl (C=O) groups is 1. The monoisotopic (exact) mass is 424 g/mol. The highest BCUT2D eigenvalue weighted by atomic mass is 16.5. The second-order valence-electron chi connectivity index (χ2n) is 7.81. The summed E-state index contributed by atoms with van der Waals surface area (Å²) in [6.45, 7) is 3.96. The molecule has 0 bridgehead atoms. The maximum atomic E-state index is 11.5. The minimum atomic E-state index is -0.238. The predicted molar refractivity (Wildman–Crippen MR) is 117 cm³/mol. The molecule has 7 heteroatoms. The van der Waals surface area contributed by atoms with E-state index in [0.29, 0.717) is 24.0 Å². The Bertz CT molecular complexity index is 986. The summed E-state index contributed by atoms with van der Waals surface area (Å²) in [5.74, 6) is 1.85. The zero-order chi connectivity index (χ0) is 22.0. The highest BCUT2D eigenvalue weighted by Gasteiger charge is 2.38. The van der Waals surface area contributed by atoms with Gasteiger partial charge in [-0.05, 0) is 49.9 Å². The molecule has 1 aliphatic heterocycles. The molecular formula is C24H28N2O5. The number of fused-ring (bicyclic) bond motifs is 3. The number of ether oxygens (including phenoxy) is 4. The van der Waals surface area contributed by atoms with Crippen LogP contribution in [0.15, 0.2) is 35.5 Å². The van der Waals surface area contributed by atoms with Crippen LogP contribution in [0.25, 0.3) is 0 Å². The van der Waals surface area contributed by atoms with Crippen LogP contribution in [0.1, 0.15) is 55.7 Å². The Morgan fingerprint density at radius 3 is 2.61 bits per heavy atom. The molecule has 1 saturated carbocycles. The number of aliphatic imine (C=N–C) groups is 1. The lowest BCUT2D eigenvalue weighted by Crippen LogP contribution is -2.36. The minimum Gasteiger partial charge on any atom is -0.493 e. The van der Waals surface area contributed by atoms with Crippen LogP contribution in [0.5, 0.6) is 17.4 Å². The second-order valence-corrected chi connectivity index (χ2v) is 7.81. The van der Waals surface area contributed by atoms with Crippen molar-refractivity contribution in [2.24, 2.45) is 4.99 Å². The number of aromatic nitrogens is 1. The molecule has 0 saturated heterocycles. The van der Waals surface area contributed by atoms with Crippen molar-refractivity contribution in [3.63, 3.8) is 0 Å². The van der Waals surface area contributed by atoms with Gasteiger partial charge >= 0.3 is 5.97 Å². The van der Waals surface area contributed by atoms with E-state index in [9.17, 15) is 4.79 Å². The van der Waals surface area contributed by atoms with E-state index in [-0.39, 0.29) is 24.0 Å². The molecule has 1 aliphatic carbocycles. The highest BCUT2D eigenvalue weighted by molar-refractivity contribution is 6.14. The number of carbonyl (C=O) groups excluding carboxylic acids is 1. The van der Waals surface area contributed by atoms with Gasteiger partial charge < -0.3 is 18.9 Å². The number of benzene rings is 1. The smallest absolute Gasteiger partial charge is 0.302 e. The minimum absolute atomic E-state index is 0.0938. The van der Waals surface area contributed by atoms with E-state index in [2.05, 4.69) is 11.1 Å². The molecule has 1 aromatic heterocycles. The van der Waals surface area contributed by atoms with Crippen LogP contribution in [-0.4, -0.2) is 49.6 Å². The first kappa shape index (κ1) is 21.2. The average Bonchev–Trinajstić information content (AvgIpc) is 2.78. The average molecular weight is 424 g/mol. The Balaban J connectivity index is 1.80. The number of methoxy groups -OCH3 is 2. The molecule has 0 amide bonds. The lowest BCUT2D eigenvalue weighted by atomic mass is 9.74. The number of pyridine rings is 1. The molecule has 164 valence electrons. The lowest BCUT2D eigenvalue weighted by molar-refractivity contribution is -0.148. The molecule has 7 nitrogen and oxygen atoms in total. The summed E-state index contributed by atoms with van der Waals surface area (Å²) in [5, 5.41) is 0. The van der Waals surface area contributed by atoms with E-state index in [1.54, 1.807) is 20.4 Å². The molecule has 0 N–H and O–H groups in total. The van der Waals surface area contributed by atoms with E-state index in [1.807, 2.05) is 25.1 Å². The number of nitrogens with zero attached hydrogens (tertiary/aromatic N) is 2. The van der Waals surface area contributed by atoms with E-state index < -0.39 is 0 Å². The Kier molecular flexibility index (Phi) is 6.11. The first-order valence-corrected chi connectivity index (χ1v) is 10.6. The third-order valence-corrected chi connectivity index (χ3v) is 5.90. The molecule has 2 aliphatic rings. The molecule has 4 rings (SSSR count). The largest absolute Gasteiger partial charge is 0.493 e. The van der Waals surface area contributed by atoms with Crippen molar-refractivity contribution >= 4 is 11.7 Å². The van der Waals surface area contributed by atoms with Gasteiger partial charge in [0.05, 0.1) is 32.6 Å². The van der Waals surface area contributed by atoms with Gasteiger partial charge in [0.25, 0.3) is 0 Å². The number of hydrogen-bond acceptors (Lipinski definition) is 7. The Morgan fingerprint density at radius 1 is 1.13 bits per heavy atom. The molecular weight excluding hydrogens is 396 g/mol. The van der Waals surface area contributed by atoms with Crippen LogP contribution < -0.4 is 14.2 Å². The van der Waals surface area contributed by atoms with Crippen molar-refractivity contribution in [3.05, 3.63) is 47.2 Å². The van der Waals surface area contributed by atoms with Gasteiger partial charge in [-0.2, -0.15) is 0 Å². The fraction of sp³-hybridized carbons (Fsp3) is 0.458. The molecule has 2 aromatic rings. The van der Waals surface area contributed by atoms with Crippen molar-refractivity contribution in [1.82, 2.24) is 4.98 Å². The number of esters is 1. The SMILES string of the molecule is CCOc1cc2c(cc1OC)C(c1ccc(OC)nc1)=N[C@@H]1CC[C@@H](OC(C)=O)C[C@H]21. The molecule has 1 aromatic carbocycles. The van der Waals surface area contributed by atoms with E-state index in [0.717, 1.165) is 41.7 Å². The second kappa shape index (κ2) is 8.96. The van der Waals surface area contributed by atoms with Crippen LogP contribution in [0.3, 0.4) is 0 Å². The van der Waals surface area contributed by atoms with Gasteiger partial charge in [0.2, 0.25) is 5.88 Å². The van der Waals surface area contributed by atoms with Crippen LogP contribution >= 0.6 is 0 Å². The molecule has 1 fully saturated rings. The van der Waals surface area contributed by atoms with E-state index in [4.69, 9.17) is 23.9 Å². The Morgan fingerprint density at radius 2 is 1.97 bits per heavy atom. The normalized spacial score (nSPS) is 21.9. The topological polar surface area (TPSA) is 79.2 Å². The molecule has 3 atom stereocenters. The predicted octanol–water partition coefficient (Wildman–Crippen LogP) is 3.92. The summed E-state index contributed by atoms with van der Waals surface area (Å²) in [6.07, 6.45) is 4.10. The van der Waals surface area contributed by atoms with Gasteiger partial charge in [0.1, 0.15) is 6.10 Å². The van der Waals surface area contributed by atoms with Gasteiger partial charge in [-0.1, -0.05) is 0 Å². The van der Waals surface area contributed by atoms with Gasteiger partial charge in [0, 0.05) is 36.2 Å². The van der Waals surface area contributed by atoms with Crippen molar-refractivity contribution in [1.29, 1.82) is 0 Å². The molecule has 0 unspecified atom stereocenters. The first-order valence-electron chi connectivity index (χ1n) is 10.6. The fourth-order valence-corrected chi connectivity index (χ4v) is 4.57. The first-order chi connectivity index (χ1) is 15.0. The fourth-order valence-electron chi connectivity index (χ4n) is 4.57. The van der Waals surface area contributed by atoms with Gasteiger partial charge in [-0.15, -0.1) is 0 Å². The summed E-state index contributed by atoms with van der Waals surface area (Å²) >= 11 is 0. The Labute approximate surface area is 182 Å². The van der Waals surface area contributed by atoms with Crippen molar-refractivity contribution < 1.29 is 23.7 Å². The maximum Gasteiger partial charge on any atom is 0.302 e. The van der Waals surface area contributed by atoms with Crippen LogP contribution in [0, 0.1) is 0 Å². The van der Waals surface area contributed by atoms with Gasteiger partial charge in [-0.25, -0.2) is 4.98 Å². The van der Waals surface area contributed by atoms with Crippen molar-refractivity contribution in [2.45, 2.75) is 51.2 Å². The highest BCUT2D eigenvalue weighted by Crippen LogP contribution is 2.45. The summed E-state index contributed by atoms with van der Waals surface area (Å²) in [7, 11) is 3.24.